The zero-order valence-corrected chi connectivity index (χ0v) is 13.4. The van der Waals surface area contributed by atoms with Gasteiger partial charge in [0.15, 0.2) is 0 Å². The summed E-state index contributed by atoms with van der Waals surface area (Å²) in [5.41, 5.74) is 1.85. The first-order valence-electron chi connectivity index (χ1n) is 6.40. The average molecular weight is 339 g/mol. The second-order valence-electron chi connectivity index (χ2n) is 4.62. The Morgan fingerprint density at radius 2 is 1.95 bits per heavy atom. The van der Waals surface area contributed by atoms with Crippen molar-refractivity contribution in [1.82, 2.24) is 0 Å². The highest BCUT2D eigenvalue weighted by Crippen LogP contribution is 2.26. The number of benzene rings is 2. The number of aromatic hydroxyl groups is 1. The highest BCUT2D eigenvalue weighted by atomic mass is 35.5. The van der Waals surface area contributed by atoms with Crippen LogP contribution in [0.15, 0.2) is 42.5 Å². The molecule has 5 nitrogen and oxygen atoms in total. The Bertz CT molecular complexity index is 722. The Morgan fingerprint density at radius 3 is 2.64 bits per heavy atom. The van der Waals surface area contributed by atoms with Crippen molar-refractivity contribution in [3.05, 3.63) is 53.1 Å². The summed E-state index contributed by atoms with van der Waals surface area (Å²) in [6, 6.07) is 11.1. The van der Waals surface area contributed by atoms with Crippen molar-refractivity contribution in [3.8, 4) is 5.75 Å². The predicted octanol–water partition coefficient (Wildman–Crippen LogP) is 3.57. The van der Waals surface area contributed by atoms with Crippen LogP contribution >= 0.6 is 11.6 Å². The minimum Gasteiger partial charge on any atom is -0.506 e. The van der Waals surface area contributed by atoms with Crippen LogP contribution in [0.4, 0.5) is 16.2 Å². The lowest BCUT2D eigenvalue weighted by Gasteiger charge is -2.11. The highest BCUT2D eigenvalue weighted by molar-refractivity contribution is 7.83. The Morgan fingerprint density at radius 1 is 1.23 bits per heavy atom. The van der Waals surface area contributed by atoms with Crippen LogP contribution in [0.3, 0.4) is 0 Å². The molecule has 2 amide bonds. The third-order valence-corrected chi connectivity index (χ3v) is 3.85. The maximum Gasteiger partial charge on any atom is 0.323 e. The molecule has 0 spiro atoms. The van der Waals surface area contributed by atoms with Crippen molar-refractivity contribution in [2.45, 2.75) is 5.75 Å². The molecule has 116 valence electrons. The molecule has 22 heavy (non-hydrogen) atoms. The maximum atomic E-state index is 12.0. The van der Waals surface area contributed by atoms with Gasteiger partial charge in [-0.05, 0) is 29.8 Å². The van der Waals surface area contributed by atoms with E-state index >= 15 is 0 Å². The molecule has 0 unspecified atom stereocenters. The van der Waals surface area contributed by atoms with Gasteiger partial charge in [0, 0.05) is 28.4 Å². The lowest BCUT2D eigenvalue weighted by molar-refractivity contribution is 0.262. The second kappa shape index (κ2) is 7.29. The van der Waals surface area contributed by atoms with Crippen LogP contribution < -0.4 is 10.6 Å². The molecule has 0 saturated carbocycles. The summed E-state index contributed by atoms with van der Waals surface area (Å²) in [6.07, 6.45) is 1.61. The van der Waals surface area contributed by atoms with Crippen LogP contribution in [0.1, 0.15) is 5.56 Å². The molecule has 0 aliphatic carbocycles. The van der Waals surface area contributed by atoms with Gasteiger partial charge in [-0.2, -0.15) is 0 Å². The SMILES string of the molecule is C[S@@](=O)Cc1ccccc1NC(=O)Nc1ccc(O)c(Cl)c1. The van der Waals surface area contributed by atoms with E-state index < -0.39 is 16.8 Å². The van der Waals surface area contributed by atoms with Crippen LogP contribution in [0.25, 0.3) is 0 Å². The van der Waals surface area contributed by atoms with Crippen LogP contribution in [0, 0.1) is 0 Å². The van der Waals surface area contributed by atoms with E-state index in [1.807, 2.05) is 12.1 Å². The summed E-state index contributed by atoms with van der Waals surface area (Å²) in [5.74, 6) is 0.310. The zero-order chi connectivity index (χ0) is 16.1. The van der Waals surface area contributed by atoms with E-state index in [-0.39, 0.29) is 10.8 Å². The van der Waals surface area contributed by atoms with Gasteiger partial charge < -0.3 is 15.7 Å². The molecular weight excluding hydrogens is 324 g/mol. The summed E-state index contributed by atoms with van der Waals surface area (Å²) in [7, 11) is -1.00. The first-order valence-corrected chi connectivity index (χ1v) is 8.50. The van der Waals surface area contributed by atoms with Gasteiger partial charge in [0.2, 0.25) is 0 Å². The van der Waals surface area contributed by atoms with Gasteiger partial charge >= 0.3 is 6.03 Å². The van der Waals surface area contributed by atoms with Crippen molar-refractivity contribution in [1.29, 1.82) is 0 Å². The first kappa shape index (κ1) is 16.3. The molecule has 0 heterocycles. The van der Waals surface area contributed by atoms with E-state index in [4.69, 9.17) is 11.6 Å². The van der Waals surface area contributed by atoms with Crippen molar-refractivity contribution in [2.75, 3.05) is 16.9 Å². The number of phenols is 1. The highest BCUT2D eigenvalue weighted by Gasteiger charge is 2.09. The number of anilines is 2. The van der Waals surface area contributed by atoms with Gasteiger partial charge in [-0.3, -0.25) is 4.21 Å². The molecule has 0 aliphatic heterocycles. The molecule has 0 saturated heterocycles. The number of carbonyl (C=O) groups is 1. The largest absolute Gasteiger partial charge is 0.506 e. The lowest BCUT2D eigenvalue weighted by Crippen LogP contribution is -2.20. The van der Waals surface area contributed by atoms with Crippen LogP contribution in [-0.2, 0) is 16.6 Å². The smallest absolute Gasteiger partial charge is 0.323 e. The van der Waals surface area contributed by atoms with Gasteiger partial charge in [-0.15, -0.1) is 0 Å². The number of amides is 2. The summed E-state index contributed by atoms with van der Waals surface area (Å²) in [5, 5.41) is 14.8. The molecule has 3 N–H and O–H groups in total. The molecule has 0 fully saturated rings. The van der Waals surface area contributed by atoms with Gasteiger partial charge in [-0.25, -0.2) is 4.79 Å². The van der Waals surface area contributed by atoms with E-state index in [1.165, 1.54) is 18.2 Å². The van der Waals surface area contributed by atoms with Crippen LogP contribution in [-0.4, -0.2) is 21.6 Å². The van der Waals surface area contributed by atoms with Crippen LogP contribution in [0.5, 0.6) is 5.75 Å². The standard InChI is InChI=1S/C15H15ClN2O3S/c1-22(21)9-10-4-2-3-5-13(10)18-15(20)17-11-6-7-14(19)12(16)8-11/h2-8,19H,9H2,1H3,(H2,17,18,20)/t22-/m1/s1. The fourth-order valence-corrected chi connectivity index (χ4v) is 2.73. The number of halogens is 1. The summed E-state index contributed by atoms with van der Waals surface area (Å²) in [6.45, 7) is 0. The molecule has 2 aromatic carbocycles. The number of nitrogens with one attached hydrogen (secondary N) is 2. The second-order valence-corrected chi connectivity index (χ2v) is 6.46. The maximum absolute atomic E-state index is 12.0. The third-order valence-electron chi connectivity index (χ3n) is 2.83. The molecule has 0 radical (unpaired) electrons. The predicted molar refractivity (Wildman–Crippen MR) is 90.0 cm³/mol. The van der Waals surface area contributed by atoms with Crippen molar-refractivity contribution < 1.29 is 14.1 Å². The number of hydrogen-bond donors (Lipinski definition) is 3. The first-order chi connectivity index (χ1) is 10.5. The number of carbonyl (C=O) groups excluding carboxylic acids is 1. The van der Waals surface area contributed by atoms with E-state index in [0.29, 0.717) is 17.1 Å². The minimum absolute atomic E-state index is 0.0524. The fourth-order valence-electron chi connectivity index (χ4n) is 1.86. The Labute approximate surface area is 135 Å². The van der Waals surface area contributed by atoms with E-state index in [2.05, 4.69) is 10.6 Å². The molecule has 0 aromatic heterocycles. The number of para-hydroxylation sites is 1. The minimum atomic E-state index is -1.00. The Kier molecular flexibility index (Phi) is 5.41. The van der Waals surface area contributed by atoms with E-state index in [1.54, 1.807) is 18.4 Å². The molecule has 2 rings (SSSR count). The van der Waals surface area contributed by atoms with Crippen molar-refractivity contribution in [2.24, 2.45) is 0 Å². The van der Waals surface area contributed by atoms with Gasteiger partial charge in [-0.1, -0.05) is 29.8 Å². The van der Waals surface area contributed by atoms with Crippen molar-refractivity contribution in [3.63, 3.8) is 0 Å². The van der Waals surface area contributed by atoms with E-state index in [0.717, 1.165) is 5.56 Å². The van der Waals surface area contributed by atoms with Crippen molar-refractivity contribution >= 4 is 39.8 Å². The number of rotatable bonds is 4. The molecule has 0 aliphatic rings. The van der Waals surface area contributed by atoms with Crippen LogP contribution in [0.2, 0.25) is 5.02 Å². The molecule has 2 aromatic rings. The average Bonchev–Trinajstić information content (AvgIpc) is 2.44. The van der Waals surface area contributed by atoms with Gasteiger partial charge in [0.05, 0.1) is 10.8 Å². The molecule has 1 atom stereocenters. The normalized spacial score (nSPS) is 11.7. The number of phenolic OH excluding ortho intramolecular Hbond substituents is 1. The molecular formula is C15H15ClN2O3S. The van der Waals surface area contributed by atoms with Gasteiger partial charge in [0.25, 0.3) is 0 Å². The number of urea groups is 1. The lowest BCUT2D eigenvalue weighted by atomic mass is 10.2. The van der Waals surface area contributed by atoms with E-state index in [9.17, 15) is 14.1 Å². The third kappa shape index (κ3) is 4.47. The summed E-state index contributed by atoms with van der Waals surface area (Å²) in [4.78, 5) is 12.0. The monoisotopic (exact) mass is 338 g/mol. The quantitative estimate of drug-likeness (QED) is 0.746. The summed E-state index contributed by atoms with van der Waals surface area (Å²) < 4.78 is 11.4. The Hall–Kier alpha value is -2.05. The van der Waals surface area contributed by atoms with Gasteiger partial charge in [0.1, 0.15) is 5.75 Å². The number of hydrogen-bond acceptors (Lipinski definition) is 3. The Balaban J connectivity index is 2.09. The fraction of sp³-hybridized carbons (Fsp3) is 0.133. The summed E-state index contributed by atoms with van der Waals surface area (Å²) >= 11 is 5.78. The molecule has 0 bridgehead atoms. The molecule has 7 heteroatoms. The zero-order valence-electron chi connectivity index (χ0n) is 11.8. The topological polar surface area (TPSA) is 78.4 Å².